The summed E-state index contributed by atoms with van der Waals surface area (Å²) in [7, 11) is 1.98. The van der Waals surface area contributed by atoms with Crippen LogP contribution >= 0.6 is 0 Å². The number of carbonyl (C=O) groups excluding carboxylic acids is 2. The van der Waals surface area contributed by atoms with Gasteiger partial charge in [-0.15, -0.1) is 0 Å². The molecule has 2 amide bonds. The number of benzene rings is 2. The molecule has 0 aliphatic carbocycles. The number of hydrogen-bond acceptors (Lipinski definition) is 7. The van der Waals surface area contributed by atoms with Crippen LogP contribution in [0.3, 0.4) is 0 Å². The number of nitrogens with zero attached hydrogens (tertiary/aromatic N) is 2. The molecule has 0 saturated heterocycles. The molecule has 0 radical (unpaired) electrons. The molecule has 11 heteroatoms. The predicted octanol–water partition coefficient (Wildman–Crippen LogP) is 1.64. The van der Waals surface area contributed by atoms with E-state index in [0.717, 1.165) is 16.1 Å². The van der Waals surface area contributed by atoms with Gasteiger partial charge in [-0.1, -0.05) is 12.1 Å². The maximum atomic E-state index is 13.5. The molecule has 0 unspecified atom stereocenters. The number of nitrogens with one attached hydrogen (secondary N) is 1. The second-order valence-electron chi connectivity index (χ2n) is 7.47. The first-order valence-corrected chi connectivity index (χ1v) is 12.2. The normalized spacial score (nSPS) is 11.8. The molecule has 186 valence electrons. The van der Waals surface area contributed by atoms with E-state index in [0.29, 0.717) is 11.5 Å². The van der Waals surface area contributed by atoms with Crippen molar-refractivity contribution in [2.24, 2.45) is 0 Å². The Morgan fingerprint density at radius 3 is 2.21 bits per heavy atom. The minimum Gasteiger partial charge on any atom is -0.497 e. The fourth-order valence-corrected chi connectivity index (χ4v) is 4.20. The monoisotopic (exact) mass is 493 g/mol. The van der Waals surface area contributed by atoms with E-state index in [4.69, 9.17) is 14.2 Å². The molecule has 34 heavy (non-hydrogen) atoms. The number of sulfonamides is 1. The summed E-state index contributed by atoms with van der Waals surface area (Å²) in [5.74, 6) is 0.328. The van der Waals surface area contributed by atoms with Crippen molar-refractivity contribution >= 4 is 27.5 Å². The van der Waals surface area contributed by atoms with E-state index < -0.39 is 28.5 Å². The highest BCUT2D eigenvalue weighted by atomic mass is 32.2. The summed E-state index contributed by atoms with van der Waals surface area (Å²) in [6.07, 6.45) is 0.999. The molecular formula is C23H31N3O7S. The van der Waals surface area contributed by atoms with E-state index in [2.05, 4.69) is 5.32 Å². The lowest BCUT2D eigenvalue weighted by molar-refractivity contribution is -0.139. The van der Waals surface area contributed by atoms with Gasteiger partial charge in [0.05, 0.1) is 33.3 Å². The average molecular weight is 494 g/mol. The van der Waals surface area contributed by atoms with Crippen LogP contribution in [0.25, 0.3) is 0 Å². The van der Waals surface area contributed by atoms with Gasteiger partial charge in [0.2, 0.25) is 21.8 Å². The van der Waals surface area contributed by atoms with E-state index >= 15 is 0 Å². The van der Waals surface area contributed by atoms with Gasteiger partial charge in [-0.2, -0.15) is 0 Å². The molecule has 2 aromatic carbocycles. The highest BCUT2D eigenvalue weighted by Crippen LogP contribution is 2.33. The van der Waals surface area contributed by atoms with E-state index in [-0.39, 0.29) is 23.9 Å². The van der Waals surface area contributed by atoms with Crippen molar-refractivity contribution in [2.75, 3.05) is 45.5 Å². The van der Waals surface area contributed by atoms with Gasteiger partial charge in [0.25, 0.3) is 0 Å². The number of ether oxygens (including phenoxy) is 3. The van der Waals surface area contributed by atoms with Gasteiger partial charge in [0.1, 0.15) is 29.8 Å². The third-order valence-corrected chi connectivity index (χ3v) is 6.36. The summed E-state index contributed by atoms with van der Waals surface area (Å²) >= 11 is 0. The van der Waals surface area contributed by atoms with Crippen molar-refractivity contribution in [3.05, 3.63) is 48.0 Å². The Labute approximate surface area is 200 Å². The molecule has 0 bridgehead atoms. The second kappa shape index (κ2) is 11.6. The van der Waals surface area contributed by atoms with Crippen molar-refractivity contribution in [1.82, 2.24) is 10.2 Å². The minimum atomic E-state index is -3.89. The van der Waals surface area contributed by atoms with Crippen LogP contribution in [0.4, 0.5) is 5.69 Å². The molecule has 10 nitrogen and oxygen atoms in total. The second-order valence-corrected chi connectivity index (χ2v) is 9.38. The Morgan fingerprint density at radius 2 is 1.65 bits per heavy atom. The topological polar surface area (TPSA) is 114 Å². The quantitative estimate of drug-likeness (QED) is 0.506. The zero-order chi connectivity index (χ0) is 25.5. The molecule has 1 N–H and O–H groups in total. The van der Waals surface area contributed by atoms with Crippen LogP contribution in [0.15, 0.2) is 42.5 Å². The first-order chi connectivity index (χ1) is 16.0. The van der Waals surface area contributed by atoms with Crippen molar-refractivity contribution in [3.8, 4) is 17.2 Å². The number of rotatable bonds is 11. The fraction of sp³-hybridized carbons (Fsp3) is 0.391. The molecule has 0 spiro atoms. The zero-order valence-corrected chi connectivity index (χ0v) is 21.0. The van der Waals surface area contributed by atoms with Crippen molar-refractivity contribution in [3.63, 3.8) is 0 Å². The summed E-state index contributed by atoms with van der Waals surface area (Å²) in [5, 5.41) is 2.53. The molecule has 0 aromatic heterocycles. The van der Waals surface area contributed by atoms with Crippen LogP contribution in [0, 0.1) is 0 Å². The van der Waals surface area contributed by atoms with Gasteiger partial charge in [-0.05, 0) is 36.8 Å². The number of hydrogen-bond donors (Lipinski definition) is 1. The number of methoxy groups -OCH3 is 3. The molecule has 0 aliphatic heterocycles. The molecule has 0 heterocycles. The fourth-order valence-electron chi connectivity index (χ4n) is 3.34. The SMILES string of the molecule is CNC(=O)[C@H](C)N(Cc1cccc(OC)c1)C(=O)CN(c1ccc(OC)cc1OC)S(C)(=O)=O. The Kier molecular flexibility index (Phi) is 9.13. The smallest absolute Gasteiger partial charge is 0.244 e. The van der Waals surface area contributed by atoms with Gasteiger partial charge in [-0.25, -0.2) is 8.42 Å². The van der Waals surface area contributed by atoms with Gasteiger partial charge in [0.15, 0.2) is 0 Å². The average Bonchev–Trinajstić information content (AvgIpc) is 2.83. The first-order valence-electron chi connectivity index (χ1n) is 10.4. The van der Waals surface area contributed by atoms with E-state index in [1.54, 1.807) is 37.3 Å². The third kappa shape index (κ3) is 6.53. The van der Waals surface area contributed by atoms with Crippen molar-refractivity contribution < 1.29 is 32.2 Å². The molecule has 2 aromatic rings. The van der Waals surface area contributed by atoms with Gasteiger partial charge in [-0.3, -0.25) is 13.9 Å². The highest BCUT2D eigenvalue weighted by Gasteiger charge is 2.31. The van der Waals surface area contributed by atoms with Crippen LogP contribution in [-0.4, -0.2) is 72.4 Å². The lowest BCUT2D eigenvalue weighted by Crippen LogP contribution is -2.50. The Balaban J connectivity index is 2.46. The molecule has 0 aliphatic rings. The van der Waals surface area contributed by atoms with Crippen LogP contribution in [0.2, 0.25) is 0 Å². The standard InChI is InChI=1S/C23H31N3O7S/c1-16(23(28)24-2)25(14-17-8-7-9-18(12-17)31-3)22(27)15-26(34(6,29)30)20-11-10-19(32-4)13-21(20)33-5/h7-13,16H,14-15H2,1-6H3,(H,24,28)/t16-/m0/s1. The van der Waals surface area contributed by atoms with E-state index in [1.807, 2.05) is 0 Å². The van der Waals surface area contributed by atoms with Gasteiger partial charge >= 0.3 is 0 Å². The number of carbonyl (C=O) groups is 2. The maximum absolute atomic E-state index is 13.5. The summed E-state index contributed by atoms with van der Waals surface area (Å²) in [5.41, 5.74) is 0.893. The van der Waals surface area contributed by atoms with Gasteiger partial charge in [0, 0.05) is 19.7 Å². The highest BCUT2D eigenvalue weighted by molar-refractivity contribution is 7.92. The van der Waals surface area contributed by atoms with Crippen LogP contribution in [0.1, 0.15) is 12.5 Å². The van der Waals surface area contributed by atoms with Crippen LogP contribution in [0.5, 0.6) is 17.2 Å². The maximum Gasteiger partial charge on any atom is 0.244 e. The summed E-state index contributed by atoms with van der Waals surface area (Å²) in [6.45, 7) is 1.12. The number of amides is 2. The lowest BCUT2D eigenvalue weighted by atomic mass is 10.1. The summed E-state index contributed by atoms with van der Waals surface area (Å²) in [6, 6.07) is 10.8. The van der Waals surface area contributed by atoms with Crippen LogP contribution < -0.4 is 23.8 Å². The first kappa shape index (κ1) is 26.8. The number of likely N-dealkylation sites (N-methyl/N-ethyl adjacent to an activating group) is 1. The Morgan fingerprint density at radius 1 is 1.00 bits per heavy atom. The van der Waals surface area contributed by atoms with E-state index in [1.165, 1.54) is 45.4 Å². The summed E-state index contributed by atoms with van der Waals surface area (Å²) < 4.78 is 42.1. The predicted molar refractivity (Wildman–Crippen MR) is 129 cm³/mol. The largest absolute Gasteiger partial charge is 0.497 e. The van der Waals surface area contributed by atoms with E-state index in [9.17, 15) is 18.0 Å². The van der Waals surface area contributed by atoms with Gasteiger partial charge < -0.3 is 24.4 Å². The van der Waals surface area contributed by atoms with Crippen LogP contribution in [-0.2, 0) is 26.2 Å². The molecule has 0 saturated carbocycles. The number of anilines is 1. The molecule has 2 rings (SSSR count). The Hall–Kier alpha value is -3.47. The Bertz CT molecular complexity index is 1120. The van der Waals surface area contributed by atoms with Crippen molar-refractivity contribution in [2.45, 2.75) is 19.5 Å². The molecule has 0 fully saturated rings. The lowest BCUT2D eigenvalue weighted by Gasteiger charge is -2.31. The molecular weight excluding hydrogens is 462 g/mol. The zero-order valence-electron chi connectivity index (χ0n) is 20.2. The third-order valence-electron chi connectivity index (χ3n) is 5.24. The van der Waals surface area contributed by atoms with Crippen molar-refractivity contribution in [1.29, 1.82) is 0 Å². The molecule has 1 atom stereocenters. The summed E-state index contributed by atoms with van der Waals surface area (Å²) in [4.78, 5) is 27.2. The minimum absolute atomic E-state index is 0.0714.